The molecule has 1 fully saturated rings. The number of nitrogens with one attached hydrogen (secondary N) is 2. The number of hydrogen-bond donors (Lipinski definition) is 2. The van der Waals surface area contributed by atoms with Crippen molar-refractivity contribution in [3.05, 3.63) is 70.4 Å². The third kappa shape index (κ3) is 4.92. The van der Waals surface area contributed by atoms with Crippen LogP contribution in [-0.2, 0) is 16.6 Å². The molecule has 4 rings (SSSR count). The summed E-state index contributed by atoms with van der Waals surface area (Å²) in [7, 11) is -4.12. The van der Waals surface area contributed by atoms with Gasteiger partial charge in [0.2, 0.25) is 0 Å². The number of sulfonamides is 1. The Morgan fingerprint density at radius 1 is 1.27 bits per heavy atom. The summed E-state index contributed by atoms with van der Waals surface area (Å²) in [5.74, 6) is -0.870. The number of nitrogens with zero attached hydrogens (tertiary/aromatic N) is 2. The van der Waals surface area contributed by atoms with E-state index in [0.717, 1.165) is 49.5 Å². The van der Waals surface area contributed by atoms with Crippen LogP contribution in [-0.4, -0.2) is 37.4 Å². The Labute approximate surface area is 183 Å². The van der Waals surface area contributed by atoms with Crippen LogP contribution >= 0.6 is 22.9 Å². The Hall–Kier alpha value is -2.20. The van der Waals surface area contributed by atoms with Crippen molar-refractivity contribution in [2.75, 3.05) is 23.1 Å². The molecule has 0 spiro atoms. The van der Waals surface area contributed by atoms with Crippen molar-refractivity contribution in [2.45, 2.75) is 23.9 Å². The first-order chi connectivity index (χ1) is 14.4. The zero-order chi connectivity index (χ0) is 21.1. The molecule has 2 N–H and O–H groups in total. The Kier molecular flexibility index (Phi) is 6.24. The fourth-order valence-corrected chi connectivity index (χ4v) is 5.60. The summed E-state index contributed by atoms with van der Waals surface area (Å²) in [5.41, 5.74) is 1.62. The molecule has 3 aromatic rings. The Balaban J connectivity index is 1.44. The van der Waals surface area contributed by atoms with Crippen LogP contribution in [0.2, 0.25) is 5.02 Å². The lowest BCUT2D eigenvalue weighted by Gasteiger charge is -2.18. The standard InChI is InChI=1S/C20H20ClFN4O2S2/c21-16-10-19(30(27,28)25-20-23-7-9-29-20)17(22)11-18(16)24-15-6-8-26(13-15)12-14-4-2-1-3-5-14/h1-5,7,9-11,15,24H,6,8,12-13H2,(H,23,25)/t15-/m0/s1. The third-order valence-corrected chi connectivity index (χ3v) is 7.33. The molecule has 30 heavy (non-hydrogen) atoms. The number of thiazole rings is 1. The van der Waals surface area contributed by atoms with Gasteiger partial charge in [0.05, 0.1) is 10.7 Å². The number of rotatable bonds is 7. The molecule has 0 unspecified atom stereocenters. The van der Waals surface area contributed by atoms with E-state index >= 15 is 0 Å². The first-order valence-electron chi connectivity index (χ1n) is 9.35. The maximum absolute atomic E-state index is 14.6. The van der Waals surface area contributed by atoms with E-state index in [0.29, 0.717) is 5.69 Å². The fourth-order valence-electron chi connectivity index (χ4n) is 3.44. The normalized spacial score (nSPS) is 17.2. The minimum absolute atomic E-state index is 0.0986. The van der Waals surface area contributed by atoms with E-state index in [4.69, 9.17) is 11.6 Å². The molecular formula is C20H20ClFN4O2S2. The molecule has 1 aromatic heterocycles. The van der Waals surface area contributed by atoms with Crippen molar-refractivity contribution in [3.8, 4) is 0 Å². The van der Waals surface area contributed by atoms with Gasteiger partial charge in [0.15, 0.2) is 5.13 Å². The van der Waals surface area contributed by atoms with E-state index in [1.165, 1.54) is 11.8 Å². The van der Waals surface area contributed by atoms with Crippen LogP contribution in [0, 0.1) is 5.82 Å². The molecule has 158 valence electrons. The second-order valence-corrected chi connectivity index (χ2v) is 10.0. The van der Waals surface area contributed by atoms with Crippen molar-refractivity contribution in [2.24, 2.45) is 0 Å². The van der Waals surface area contributed by atoms with Gasteiger partial charge in [-0.1, -0.05) is 41.9 Å². The largest absolute Gasteiger partial charge is 0.380 e. The Morgan fingerprint density at radius 3 is 2.80 bits per heavy atom. The summed E-state index contributed by atoms with van der Waals surface area (Å²) in [6.45, 7) is 2.55. The van der Waals surface area contributed by atoms with Gasteiger partial charge in [-0.05, 0) is 24.1 Å². The molecule has 0 radical (unpaired) electrons. The zero-order valence-corrected chi connectivity index (χ0v) is 18.3. The highest BCUT2D eigenvalue weighted by Gasteiger charge is 2.26. The molecule has 0 bridgehead atoms. The van der Waals surface area contributed by atoms with Crippen LogP contribution in [0.1, 0.15) is 12.0 Å². The molecule has 2 aromatic carbocycles. The number of benzene rings is 2. The summed E-state index contributed by atoms with van der Waals surface area (Å²) in [6.07, 6.45) is 2.35. The first-order valence-corrected chi connectivity index (χ1v) is 12.1. The molecule has 1 aliphatic rings. The number of anilines is 2. The van der Waals surface area contributed by atoms with Gasteiger partial charge in [-0.3, -0.25) is 9.62 Å². The Bertz CT molecular complexity index is 1110. The highest BCUT2D eigenvalue weighted by atomic mass is 35.5. The summed E-state index contributed by atoms with van der Waals surface area (Å²) in [4.78, 5) is 5.66. The smallest absolute Gasteiger partial charge is 0.266 e. The zero-order valence-electron chi connectivity index (χ0n) is 15.9. The molecule has 2 heterocycles. The molecule has 0 amide bonds. The molecule has 1 aliphatic heterocycles. The van der Waals surface area contributed by atoms with Gasteiger partial charge in [-0.15, -0.1) is 11.3 Å². The first kappa shape index (κ1) is 21.0. The average Bonchev–Trinajstić information content (AvgIpc) is 3.37. The topological polar surface area (TPSA) is 74.3 Å². The van der Waals surface area contributed by atoms with E-state index in [9.17, 15) is 12.8 Å². The van der Waals surface area contributed by atoms with Gasteiger partial charge >= 0.3 is 0 Å². The van der Waals surface area contributed by atoms with E-state index in [-0.39, 0.29) is 16.2 Å². The van der Waals surface area contributed by atoms with E-state index in [1.807, 2.05) is 18.2 Å². The van der Waals surface area contributed by atoms with Crippen LogP contribution in [0.15, 0.2) is 58.9 Å². The number of aromatic nitrogens is 1. The van der Waals surface area contributed by atoms with Crippen molar-refractivity contribution < 1.29 is 12.8 Å². The monoisotopic (exact) mass is 466 g/mol. The van der Waals surface area contributed by atoms with Gasteiger partial charge < -0.3 is 5.32 Å². The van der Waals surface area contributed by atoms with Gasteiger partial charge in [-0.25, -0.2) is 17.8 Å². The summed E-state index contributed by atoms with van der Waals surface area (Å²) in [6, 6.07) is 12.6. The molecule has 0 saturated carbocycles. The van der Waals surface area contributed by atoms with Crippen LogP contribution < -0.4 is 10.0 Å². The molecule has 0 aliphatic carbocycles. The van der Waals surface area contributed by atoms with Crippen LogP contribution in [0.3, 0.4) is 0 Å². The highest BCUT2D eigenvalue weighted by Crippen LogP contribution is 2.31. The fraction of sp³-hybridized carbons (Fsp3) is 0.250. The second kappa shape index (κ2) is 8.89. The molecular weight excluding hydrogens is 447 g/mol. The highest BCUT2D eigenvalue weighted by molar-refractivity contribution is 7.93. The summed E-state index contributed by atoms with van der Waals surface area (Å²) >= 11 is 7.39. The van der Waals surface area contributed by atoms with E-state index in [2.05, 4.69) is 32.1 Å². The SMILES string of the molecule is O=S(=O)(Nc1nccs1)c1cc(Cl)c(N[C@H]2CCN(Cc3ccccc3)C2)cc1F. The van der Waals surface area contributed by atoms with Crippen LogP contribution in [0.4, 0.5) is 15.2 Å². The van der Waals surface area contributed by atoms with Crippen LogP contribution in [0.5, 0.6) is 0 Å². The van der Waals surface area contributed by atoms with Gasteiger partial charge in [0.1, 0.15) is 10.7 Å². The van der Waals surface area contributed by atoms with Gasteiger partial charge in [0.25, 0.3) is 10.0 Å². The van der Waals surface area contributed by atoms with Crippen molar-refractivity contribution in [1.82, 2.24) is 9.88 Å². The number of hydrogen-bond acceptors (Lipinski definition) is 6. The lowest BCUT2D eigenvalue weighted by molar-refractivity contribution is 0.328. The number of halogens is 2. The predicted molar refractivity (Wildman–Crippen MR) is 118 cm³/mol. The van der Waals surface area contributed by atoms with E-state index in [1.54, 1.807) is 5.38 Å². The van der Waals surface area contributed by atoms with Gasteiger partial charge in [0, 0.05) is 37.3 Å². The third-order valence-electron chi connectivity index (χ3n) is 4.85. The molecule has 1 saturated heterocycles. The maximum Gasteiger partial charge on any atom is 0.266 e. The van der Waals surface area contributed by atoms with Crippen molar-refractivity contribution in [3.63, 3.8) is 0 Å². The number of likely N-dealkylation sites (tertiary alicyclic amines) is 1. The maximum atomic E-state index is 14.6. The molecule has 6 nitrogen and oxygen atoms in total. The Morgan fingerprint density at radius 2 is 2.07 bits per heavy atom. The predicted octanol–water partition coefficient (Wildman–Crippen LogP) is 4.42. The average molecular weight is 467 g/mol. The van der Waals surface area contributed by atoms with Crippen LogP contribution in [0.25, 0.3) is 0 Å². The lowest BCUT2D eigenvalue weighted by Crippen LogP contribution is -2.26. The lowest BCUT2D eigenvalue weighted by atomic mass is 10.2. The molecule has 10 heteroatoms. The minimum Gasteiger partial charge on any atom is -0.380 e. The minimum atomic E-state index is -4.12. The summed E-state index contributed by atoms with van der Waals surface area (Å²) in [5, 5.41) is 5.19. The van der Waals surface area contributed by atoms with Crippen molar-refractivity contribution in [1.29, 1.82) is 0 Å². The van der Waals surface area contributed by atoms with Crippen molar-refractivity contribution >= 4 is 43.8 Å². The second-order valence-electron chi connectivity index (χ2n) is 7.06. The van der Waals surface area contributed by atoms with Gasteiger partial charge in [-0.2, -0.15) is 0 Å². The summed E-state index contributed by atoms with van der Waals surface area (Å²) < 4.78 is 41.9. The van der Waals surface area contributed by atoms with E-state index < -0.39 is 20.7 Å². The molecule has 1 atom stereocenters. The quantitative estimate of drug-likeness (QED) is 0.539.